The second-order valence-electron chi connectivity index (χ2n) is 7.76. The summed E-state index contributed by atoms with van der Waals surface area (Å²) in [6.45, 7) is 5.32. The van der Waals surface area contributed by atoms with Gasteiger partial charge in [0.15, 0.2) is 6.10 Å². The van der Waals surface area contributed by atoms with Crippen LogP contribution in [0.4, 0.5) is 4.79 Å². The van der Waals surface area contributed by atoms with Crippen molar-refractivity contribution in [2.45, 2.75) is 45.1 Å². The van der Waals surface area contributed by atoms with Crippen LogP contribution in [0.25, 0.3) is 5.53 Å². The molecule has 0 aromatic heterocycles. The van der Waals surface area contributed by atoms with Gasteiger partial charge in [0.25, 0.3) is 5.78 Å². The Morgan fingerprint density at radius 3 is 2.29 bits per heavy atom. The number of nitrogens with zero attached hydrogens (tertiary/aromatic N) is 2. The van der Waals surface area contributed by atoms with E-state index in [-0.39, 0.29) is 6.61 Å². The Morgan fingerprint density at radius 2 is 1.74 bits per heavy atom. The van der Waals surface area contributed by atoms with Crippen molar-refractivity contribution in [2.24, 2.45) is 0 Å². The van der Waals surface area contributed by atoms with Gasteiger partial charge in [0.1, 0.15) is 11.4 Å². The van der Waals surface area contributed by atoms with Gasteiger partial charge in [-0.25, -0.2) is 4.79 Å². The molecule has 164 valence electrons. The average molecular weight is 425 g/mol. The number of ether oxygens (including phenoxy) is 3. The third-order valence-corrected chi connectivity index (χ3v) is 4.19. The van der Waals surface area contributed by atoms with Crippen LogP contribution in [0, 0.1) is 0 Å². The zero-order valence-corrected chi connectivity index (χ0v) is 18.1. The lowest BCUT2D eigenvalue weighted by Crippen LogP contribution is -2.44. The van der Waals surface area contributed by atoms with Crippen LogP contribution in [0.5, 0.6) is 5.75 Å². The number of carbonyl (C=O) groups is 2. The molecule has 31 heavy (non-hydrogen) atoms. The van der Waals surface area contributed by atoms with E-state index in [9.17, 15) is 9.59 Å². The molecular formula is C23H27N3O5. The molecule has 0 bridgehead atoms. The number of alkyl carbamates (subject to hydrolysis) is 1. The molecule has 0 radical (unpaired) electrons. The van der Waals surface area contributed by atoms with E-state index in [1.165, 1.54) is 0 Å². The predicted molar refractivity (Wildman–Crippen MR) is 115 cm³/mol. The molecule has 0 saturated carbocycles. The van der Waals surface area contributed by atoms with Gasteiger partial charge in [0, 0.05) is 0 Å². The van der Waals surface area contributed by atoms with Crippen molar-refractivity contribution in [1.29, 1.82) is 0 Å². The van der Waals surface area contributed by atoms with Gasteiger partial charge < -0.3 is 25.1 Å². The van der Waals surface area contributed by atoms with Crippen LogP contribution >= 0.6 is 0 Å². The molecule has 0 aliphatic rings. The first-order valence-corrected chi connectivity index (χ1v) is 9.74. The molecule has 0 spiro atoms. The summed E-state index contributed by atoms with van der Waals surface area (Å²) in [6.07, 6.45) is -1.13. The van der Waals surface area contributed by atoms with Crippen LogP contribution in [0.3, 0.4) is 0 Å². The summed E-state index contributed by atoms with van der Waals surface area (Å²) in [5, 5.41) is 2.71. The van der Waals surface area contributed by atoms with Crippen molar-refractivity contribution >= 4 is 18.1 Å². The van der Waals surface area contributed by atoms with Crippen LogP contribution < -0.4 is 10.1 Å². The number of Topliss-reactive ketones (excluding diaryl/α,β-unsaturated/α-hetero) is 1. The number of hydrogen-bond donors (Lipinski definition) is 1. The Hall–Kier alpha value is -3.48. The Morgan fingerprint density at radius 1 is 1.10 bits per heavy atom. The molecule has 2 aromatic carbocycles. The second kappa shape index (κ2) is 11.1. The average Bonchev–Trinajstić information content (AvgIpc) is 2.73. The highest BCUT2D eigenvalue weighted by atomic mass is 16.6. The minimum Gasteiger partial charge on any atom is -0.497 e. The molecule has 2 rings (SSSR count). The SMILES string of the molecule is COc1ccc([C@@H](NC(=O)OC(C)(C)C)[C@@H](OCc2ccccc2)C(=O)C=[N+]=[N-])cc1. The molecule has 0 saturated heterocycles. The quantitative estimate of drug-likeness (QED) is 0.374. The highest BCUT2D eigenvalue weighted by Gasteiger charge is 2.34. The summed E-state index contributed by atoms with van der Waals surface area (Å²) >= 11 is 0. The number of amides is 1. The van der Waals surface area contributed by atoms with E-state index >= 15 is 0 Å². The van der Waals surface area contributed by atoms with E-state index in [1.54, 1.807) is 52.1 Å². The van der Waals surface area contributed by atoms with Gasteiger partial charge in [0.05, 0.1) is 19.8 Å². The van der Waals surface area contributed by atoms with Gasteiger partial charge in [-0.2, -0.15) is 4.79 Å². The van der Waals surface area contributed by atoms with Gasteiger partial charge in [-0.15, -0.1) is 0 Å². The third kappa shape index (κ3) is 7.70. The molecule has 0 aliphatic carbocycles. The first-order chi connectivity index (χ1) is 14.7. The molecule has 0 aliphatic heterocycles. The Labute approximate surface area is 181 Å². The fourth-order valence-corrected chi connectivity index (χ4v) is 2.81. The van der Waals surface area contributed by atoms with Gasteiger partial charge >= 0.3 is 12.3 Å². The molecule has 2 atom stereocenters. The summed E-state index contributed by atoms with van der Waals surface area (Å²) < 4.78 is 16.4. The van der Waals surface area contributed by atoms with E-state index in [1.807, 2.05) is 30.3 Å². The maximum absolute atomic E-state index is 12.7. The highest BCUT2D eigenvalue weighted by Crippen LogP contribution is 2.24. The lowest BCUT2D eigenvalue weighted by Gasteiger charge is -2.28. The van der Waals surface area contributed by atoms with Gasteiger partial charge in [0.2, 0.25) is 0 Å². The van der Waals surface area contributed by atoms with Crippen LogP contribution in [0.1, 0.15) is 37.9 Å². The summed E-state index contributed by atoms with van der Waals surface area (Å²) in [6, 6.07) is 15.2. The predicted octanol–water partition coefficient (Wildman–Crippen LogP) is 3.72. The fraction of sp³-hybridized carbons (Fsp3) is 0.348. The lowest BCUT2D eigenvalue weighted by molar-refractivity contribution is -0.129. The number of rotatable bonds is 9. The number of hydrogen-bond acceptors (Lipinski definition) is 5. The molecule has 0 unspecified atom stereocenters. The molecule has 2 aromatic rings. The van der Waals surface area contributed by atoms with Crippen LogP contribution in [-0.4, -0.2) is 41.7 Å². The topological polar surface area (TPSA) is 110 Å². The Bertz CT molecular complexity index is 916. The molecule has 8 heteroatoms. The molecule has 1 amide bonds. The van der Waals surface area contributed by atoms with Crippen molar-refractivity contribution in [2.75, 3.05) is 7.11 Å². The third-order valence-electron chi connectivity index (χ3n) is 4.19. The normalized spacial score (nSPS) is 12.8. The monoisotopic (exact) mass is 425 g/mol. The maximum atomic E-state index is 12.7. The number of carbonyl (C=O) groups excluding carboxylic acids is 2. The molecular weight excluding hydrogens is 398 g/mol. The van der Waals surface area contributed by atoms with E-state index in [4.69, 9.17) is 19.7 Å². The smallest absolute Gasteiger partial charge is 0.408 e. The van der Waals surface area contributed by atoms with Crippen molar-refractivity contribution in [3.63, 3.8) is 0 Å². The minimum atomic E-state index is -1.17. The van der Waals surface area contributed by atoms with Crippen LogP contribution in [0.2, 0.25) is 0 Å². The largest absolute Gasteiger partial charge is 0.497 e. The summed E-state index contributed by atoms with van der Waals surface area (Å²) in [4.78, 5) is 28.1. The summed E-state index contributed by atoms with van der Waals surface area (Å²) in [5.74, 6) is 0.0000713. The Balaban J connectivity index is 2.38. The number of nitrogens with one attached hydrogen (secondary N) is 1. The van der Waals surface area contributed by atoms with Crippen LogP contribution in [0.15, 0.2) is 54.6 Å². The molecule has 0 fully saturated rings. The van der Waals surface area contributed by atoms with Crippen molar-refractivity contribution in [3.8, 4) is 5.75 Å². The first kappa shape index (κ1) is 23.8. The van der Waals surface area contributed by atoms with Crippen LogP contribution in [-0.2, 0) is 20.9 Å². The second-order valence-corrected chi connectivity index (χ2v) is 7.76. The summed E-state index contributed by atoms with van der Waals surface area (Å²) in [7, 11) is 1.54. The standard InChI is InChI=1S/C23H27N3O5/c1-23(2,3)31-22(28)26-20(17-10-12-18(29-4)13-11-17)21(19(27)14-25-24)30-15-16-8-6-5-7-9-16/h5-14,20-21H,15H2,1-4H3,(H,26,28)/t20-,21+/m1/s1. The van der Waals surface area contributed by atoms with Gasteiger partial charge in [-0.05, 0) is 44.0 Å². The van der Waals surface area contributed by atoms with Gasteiger partial charge in [-0.3, -0.25) is 4.79 Å². The summed E-state index contributed by atoms with van der Waals surface area (Å²) in [5.41, 5.74) is 9.59. The van der Waals surface area contributed by atoms with E-state index < -0.39 is 29.6 Å². The first-order valence-electron chi connectivity index (χ1n) is 9.74. The fourth-order valence-electron chi connectivity index (χ4n) is 2.81. The molecule has 1 N–H and O–H groups in total. The number of methoxy groups -OCH3 is 1. The van der Waals surface area contributed by atoms with E-state index in [0.717, 1.165) is 11.8 Å². The zero-order valence-electron chi connectivity index (χ0n) is 18.1. The highest BCUT2D eigenvalue weighted by molar-refractivity contribution is 6.27. The van der Waals surface area contributed by atoms with E-state index in [2.05, 4.69) is 10.1 Å². The zero-order chi connectivity index (χ0) is 22.9. The van der Waals surface area contributed by atoms with Crippen molar-refractivity contribution in [3.05, 3.63) is 71.3 Å². The Kier molecular flexibility index (Phi) is 8.49. The van der Waals surface area contributed by atoms with E-state index in [0.29, 0.717) is 11.3 Å². The lowest BCUT2D eigenvalue weighted by atomic mass is 9.98. The molecule has 8 nitrogen and oxygen atoms in total. The van der Waals surface area contributed by atoms with Crippen molar-refractivity contribution < 1.29 is 28.6 Å². The van der Waals surface area contributed by atoms with Crippen molar-refractivity contribution in [1.82, 2.24) is 5.32 Å². The molecule has 0 heterocycles. The number of ketones is 1. The number of benzene rings is 2. The maximum Gasteiger partial charge on any atom is 0.408 e. The van der Waals surface area contributed by atoms with Gasteiger partial charge in [-0.1, -0.05) is 42.5 Å². The minimum absolute atomic E-state index is 0.110.